The van der Waals surface area contributed by atoms with Crippen LogP contribution < -0.4 is 5.32 Å². The highest BCUT2D eigenvalue weighted by atomic mass is 19.4. The maximum absolute atomic E-state index is 13.1. The van der Waals surface area contributed by atoms with Crippen LogP contribution in [0, 0.1) is 20.2 Å². The van der Waals surface area contributed by atoms with Crippen LogP contribution in [0.5, 0.6) is 0 Å². The van der Waals surface area contributed by atoms with Gasteiger partial charge in [-0.25, -0.2) is 4.98 Å². The fourth-order valence-corrected chi connectivity index (χ4v) is 2.62. The van der Waals surface area contributed by atoms with Crippen molar-refractivity contribution in [2.24, 2.45) is 0 Å². The van der Waals surface area contributed by atoms with E-state index in [1.165, 1.54) is 12.1 Å². The number of hydrogen-bond acceptors (Lipinski definition) is 7. The van der Waals surface area contributed by atoms with Crippen LogP contribution in [0.3, 0.4) is 0 Å². The SMILES string of the molecule is O=[N+]([O-])c1ccc(N[C@H](c2cccc(C(F)(F)F)c2)c2ncn[nH]2)c([N+](=O)[O-])c1. The van der Waals surface area contributed by atoms with Crippen molar-refractivity contribution in [2.45, 2.75) is 12.2 Å². The van der Waals surface area contributed by atoms with Gasteiger partial charge in [-0.15, -0.1) is 0 Å². The van der Waals surface area contributed by atoms with E-state index >= 15 is 0 Å². The molecule has 1 aromatic heterocycles. The monoisotopic (exact) mass is 408 g/mol. The maximum Gasteiger partial charge on any atom is 0.416 e. The maximum atomic E-state index is 13.1. The van der Waals surface area contributed by atoms with E-state index in [4.69, 9.17) is 0 Å². The third kappa shape index (κ3) is 4.28. The Bertz CT molecular complexity index is 1060. The van der Waals surface area contributed by atoms with Crippen LogP contribution in [0.1, 0.15) is 23.0 Å². The molecule has 1 heterocycles. The molecule has 3 aromatic rings. The number of anilines is 1. The summed E-state index contributed by atoms with van der Waals surface area (Å²) in [6.45, 7) is 0. The van der Waals surface area contributed by atoms with E-state index in [0.29, 0.717) is 0 Å². The van der Waals surface area contributed by atoms with Crippen LogP contribution in [0.25, 0.3) is 0 Å². The Labute approximate surface area is 159 Å². The number of rotatable bonds is 6. The first-order valence-electron chi connectivity index (χ1n) is 7.88. The number of nitro benzene ring substituents is 2. The zero-order valence-corrected chi connectivity index (χ0v) is 14.3. The topological polar surface area (TPSA) is 140 Å². The van der Waals surface area contributed by atoms with E-state index in [-0.39, 0.29) is 17.1 Å². The van der Waals surface area contributed by atoms with Crippen molar-refractivity contribution in [3.8, 4) is 0 Å². The number of nitro groups is 2. The predicted molar refractivity (Wildman–Crippen MR) is 93.0 cm³/mol. The fourth-order valence-electron chi connectivity index (χ4n) is 2.62. The van der Waals surface area contributed by atoms with E-state index in [2.05, 4.69) is 20.5 Å². The van der Waals surface area contributed by atoms with Crippen molar-refractivity contribution >= 4 is 17.1 Å². The number of nitrogens with one attached hydrogen (secondary N) is 2. The lowest BCUT2D eigenvalue weighted by Crippen LogP contribution is -2.16. The summed E-state index contributed by atoms with van der Waals surface area (Å²) in [7, 11) is 0. The number of aromatic amines is 1. The summed E-state index contributed by atoms with van der Waals surface area (Å²) < 4.78 is 39.2. The van der Waals surface area contributed by atoms with Crippen LogP contribution in [0.4, 0.5) is 30.2 Å². The normalized spacial score (nSPS) is 12.4. The van der Waals surface area contributed by atoms with Crippen LogP contribution in [0.2, 0.25) is 0 Å². The standard InChI is InChI=1S/C16H11F3N6O4/c17-16(18,19)10-3-1-2-9(6-10)14(15-20-8-21-23-15)22-12-5-4-11(24(26)27)7-13(12)25(28)29/h1-8,14,22H,(H,20,21,23)/t14-/m1/s1. The minimum absolute atomic E-state index is 0.0944. The lowest BCUT2D eigenvalue weighted by atomic mass is 10.0. The van der Waals surface area contributed by atoms with Crippen LogP contribution in [0.15, 0.2) is 48.8 Å². The fraction of sp³-hybridized carbons (Fsp3) is 0.125. The molecular weight excluding hydrogens is 397 g/mol. The number of nitrogens with zero attached hydrogens (tertiary/aromatic N) is 4. The zero-order valence-electron chi connectivity index (χ0n) is 14.3. The smallest absolute Gasteiger partial charge is 0.366 e. The Morgan fingerprint density at radius 1 is 1.07 bits per heavy atom. The number of aromatic nitrogens is 3. The molecule has 0 amide bonds. The molecule has 0 radical (unpaired) electrons. The molecular formula is C16H11F3N6O4. The molecule has 13 heteroatoms. The third-order valence-electron chi connectivity index (χ3n) is 3.94. The molecule has 1 atom stereocenters. The average molecular weight is 408 g/mol. The first-order chi connectivity index (χ1) is 13.7. The van der Waals surface area contributed by atoms with Gasteiger partial charge in [0.1, 0.15) is 18.1 Å². The van der Waals surface area contributed by atoms with Gasteiger partial charge in [-0.05, 0) is 23.8 Å². The van der Waals surface area contributed by atoms with E-state index in [0.717, 1.165) is 36.7 Å². The van der Waals surface area contributed by atoms with Gasteiger partial charge in [-0.3, -0.25) is 25.3 Å². The summed E-state index contributed by atoms with van der Waals surface area (Å²) in [4.78, 5) is 24.5. The minimum Gasteiger partial charge on any atom is -0.366 e. The summed E-state index contributed by atoms with van der Waals surface area (Å²) >= 11 is 0. The number of hydrogen-bond donors (Lipinski definition) is 2. The van der Waals surface area contributed by atoms with Gasteiger partial charge in [-0.1, -0.05) is 12.1 Å². The molecule has 0 unspecified atom stereocenters. The third-order valence-corrected chi connectivity index (χ3v) is 3.94. The van der Waals surface area contributed by atoms with Gasteiger partial charge in [0, 0.05) is 6.07 Å². The molecule has 0 spiro atoms. The molecule has 0 bridgehead atoms. The Hall–Kier alpha value is -4.03. The highest BCUT2D eigenvalue weighted by Crippen LogP contribution is 2.35. The van der Waals surface area contributed by atoms with E-state index in [1.807, 2.05) is 0 Å². The molecule has 0 aliphatic carbocycles. The molecule has 10 nitrogen and oxygen atoms in total. The summed E-state index contributed by atoms with van der Waals surface area (Å²) in [6, 6.07) is 6.16. The number of benzene rings is 2. The first kappa shape index (κ1) is 19.7. The van der Waals surface area contributed by atoms with Crippen molar-refractivity contribution in [3.05, 3.63) is 86.0 Å². The van der Waals surface area contributed by atoms with Gasteiger partial charge < -0.3 is 5.32 Å². The van der Waals surface area contributed by atoms with E-state index < -0.39 is 39.0 Å². The molecule has 0 saturated heterocycles. The zero-order chi connectivity index (χ0) is 21.2. The van der Waals surface area contributed by atoms with Gasteiger partial charge in [0.2, 0.25) is 0 Å². The predicted octanol–water partition coefficient (Wildman–Crippen LogP) is 3.84. The van der Waals surface area contributed by atoms with Crippen LogP contribution in [-0.4, -0.2) is 25.0 Å². The number of halogens is 3. The van der Waals surface area contributed by atoms with E-state index in [9.17, 15) is 33.4 Å². The quantitative estimate of drug-likeness (QED) is 0.466. The molecule has 0 saturated carbocycles. The van der Waals surface area contributed by atoms with E-state index in [1.54, 1.807) is 0 Å². The molecule has 2 N–H and O–H groups in total. The molecule has 150 valence electrons. The molecule has 29 heavy (non-hydrogen) atoms. The highest BCUT2D eigenvalue weighted by Gasteiger charge is 2.32. The number of H-pyrrole nitrogens is 1. The summed E-state index contributed by atoms with van der Waals surface area (Å²) in [6.07, 6.45) is -3.47. The summed E-state index contributed by atoms with van der Waals surface area (Å²) in [5.74, 6) is 0.0944. The lowest BCUT2D eigenvalue weighted by molar-refractivity contribution is -0.393. The van der Waals surface area contributed by atoms with Gasteiger partial charge in [-0.2, -0.15) is 18.3 Å². The van der Waals surface area contributed by atoms with Crippen molar-refractivity contribution in [3.63, 3.8) is 0 Å². The second kappa shape index (κ2) is 7.53. The average Bonchev–Trinajstić information content (AvgIpc) is 3.19. The first-order valence-corrected chi connectivity index (χ1v) is 7.88. The molecule has 3 rings (SSSR count). The van der Waals surface area contributed by atoms with Crippen molar-refractivity contribution in [2.75, 3.05) is 5.32 Å². The Kier molecular flexibility index (Phi) is 5.12. The van der Waals surface area contributed by atoms with Crippen LogP contribution in [-0.2, 0) is 6.18 Å². The highest BCUT2D eigenvalue weighted by molar-refractivity contribution is 5.66. The van der Waals surface area contributed by atoms with Gasteiger partial charge in [0.15, 0.2) is 5.82 Å². The summed E-state index contributed by atoms with van der Waals surface area (Å²) in [5, 5.41) is 31.1. The molecule has 0 fully saturated rings. The van der Waals surface area contributed by atoms with Crippen LogP contribution >= 0.6 is 0 Å². The molecule has 0 aliphatic heterocycles. The Morgan fingerprint density at radius 2 is 1.83 bits per heavy atom. The Balaban J connectivity index is 2.07. The Morgan fingerprint density at radius 3 is 2.41 bits per heavy atom. The second-order valence-corrected chi connectivity index (χ2v) is 5.79. The van der Waals surface area contributed by atoms with Crippen molar-refractivity contribution in [1.29, 1.82) is 0 Å². The molecule has 0 aliphatic rings. The minimum atomic E-state index is -4.60. The molecule has 2 aromatic carbocycles. The van der Waals surface area contributed by atoms with Gasteiger partial charge in [0.25, 0.3) is 11.4 Å². The summed E-state index contributed by atoms with van der Waals surface area (Å²) in [5.41, 5.74) is -2.07. The second-order valence-electron chi connectivity index (χ2n) is 5.79. The number of alkyl halides is 3. The van der Waals surface area contributed by atoms with Crippen molar-refractivity contribution < 1.29 is 23.0 Å². The largest absolute Gasteiger partial charge is 0.416 e. The number of non-ortho nitro benzene ring substituents is 1. The lowest BCUT2D eigenvalue weighted by Gasteiger charge is -2.19. The van der Waals surface area contributed by atoms with Crippen molar-refractivity contribution in [1.82, 2.24) is 15.2 Å². The van der Waals surface area contributed by atoms with Gasteiger partial charge in [0.05, 0.1) is 21.5 Å². The van der Waals surface area contributed by atoms with Gasteiger partial charge >= 0.3 is 6.18 Å².